The van der Waals surface area contributed by atoms with Crippen molar-refractivity contribution in [1.29, 1.82) is 0 Å². The average Bonchev–Trinajstić information content (AvgIpc) is 2.43. The highest BCUT2D eigenvalue weighted by molar-refractivity contribution is 6.31. The van der Waals surface area contributed by atoms with Crippen LogP contribution < -0.4 is 5.11 Å². The summed E-state index contributed by atoms with van der Waals surface area (Å²) in [4.78, 5) is 14.3. The number of hydrogen-bond acceptors (Lipinski definition) is 4. The van der Waals surface area contributed by atoms with Gasteiger partial charge in [-0.2, -0.15) is 0 Å². The van der Waals surface area contributed by atoms with Crippen molar-refractivity contribution < 1.29 is 10.0 Å². The van der Waals surface area contributed by atoms with Crippen LogP contribution in [0.3, 0.4) is 0 Å². The molecule has 0 aliphatic rings. The lowest BCUT2D eigenvalue weighted by Crippen LogP contribution is -2.02. The van der Waals surface area contributed by atoms with Gasteiger partial charge < -0.3 is 5.11 Å². The quantitative estimate of drug-likeness (QED) is 0.493. The fourth-order valence-electron chi connectivity index (χ4n) is 1.85. The first-order valence-corrected chi connectivity index (χ1v) is 6.53. The molecule has 0 saturated heterocycles. The minimum absolute atomic E-state index is 0.0927. The van der Waals surface area contributed by atoms with Gasteiger partial charge >= 0.3 is 0 Å². The molecule has 2 aromatic carbocycles. The molecule has 0 N–H and O–H groups in total. The zero-order valence-corrected chi connectivity index (χ0v) is 12.2. The van der Waals surface area contributed by atoms with Crippen molar-refractivity contribution in [3.8, 4) is 5.75 Å². The van der Waals surface area contributed by atoms with E-state index in [0.717, 1.165) is 17.2 Å². The Morgan fingerprint density at radius 3 is 2.67 bits per heavy atom. The third kappa shape index (κ3) is 3.20. The SMILES string of the molecule is Cc1cccc(N=Cc2cc(Cl)cc([N+](=O)[O-])c2[O-])c1C. The molecule has 21 heavy (non-hydrogen) atoms. The smallest absolute Gasteiger partial charge is 0.263 e. The summed E-state index contributed by atoms with van der Waals surface area (Å²) in [6, 6.07) is 8.03. The van der Waals surface area contributed by atoms with Gasteiger partial charge in [0.1, 0.15) is 0 Å². The number of nitrogens with zero attached hydrogens (tertiary/aromatic N) is 2. The van der Waals surface area contributed by atoms with Gasteiger partial charge in [-0.25, -0.2) is 0 Å². The largest absolute Gasteiger partial charge is 0.867 e. The van der Waals surface area contributed by atoms with E-state index in [0.29, 0.717) is 5.69 Å². The summed E-state index contributed by atoms with van der Waals surface area (Å²) < 4.78 is 0. The highest BCUT2D eigenvalue weighted by Crippen LogP contribution is 2.30. The van der Waals surface area contributed by atoms with Gasteiger partial charge in [0.2, 0.25) is 0 Å². The summed E-state index contributed by atoms with van der Waals surface area (Å²) >= 11 is 5.80. The van der Waals surface area contributed by atoms with E-state index in [4.69, 9.17) is 11.6 Å². The number of rotatable bonds is 3. The molecule has 0 heterocycles. The van der Waals surface area contributed by atoms with Crippen molar-refractivity contribution in [2.45, 2.75) is 13.8 Å². The van der Waals surface area contributed by atoms with E-state index < -0.39 is 16.4 Å². The monoisotopic (exact) mass is 303 g/mol. The van der Waals surface area contributed by atoms with Crippen LogP contribution in [0, 0.1) is 24.0 Å². The molecule has 6 heteroatoms. The Labute approximate surface area is 126 Å². The van der Waals surface area contributed by atoms with Crippen molar-refractivity contribution in [3.05, 3.63) is 62.2 Å². The van der Waals surface area contributed by atoms with Gasteiger partial charge in [-0.15, -0.1) is 0 Å². The van der Waals surface area contributed by atoms with E-state index in [1.807, 2.05) is 32.0 Å². The van der Waals surface area contributed by atoms with Gasteiger partial charge in [-0.05, 0) is 48.4 Å². The van der Waals surface area contributed by atoms with Gasteiger partial charge in [0.25, 0.3) is 5.69 Å². The molecule has 0 saturated carbocycles. The molecule has 108 valence electrons. The summed E-state index contributed by atoms with van der Waals surface area (Å²) in [5.74, 6) is -0.696. The number of nitro benzene ring substituents is 1. The molecule has 0 bridgehead atoms. The predicted molar refractivity (Wildman–Crippen MR) is 80.7 cm³/mol. The molecular formula is C15H12ClN2O3-. The van der Waals surface area contributed by atoms with Gasteiger partial charge in [0.05, 0.1) is 10.6 Å². The van der Waals surface area contributed by atoms with Crippen LogP contribution in [-0.4, -0.2) is 11.1 Å². The van der Waals surface area contributed by atoms with E-state index >= 15 is 0 Å². The number of aliphatic imine (C=N–C) groups is 1. The molecule has 2 rings (SSSR count). The zero-order valence-electron chi connectivity index (χ0n) is 11.5. The summed E-state index contributed by atoms with van der Waals surface area (Å²) in [7, 11) is 0. The summed E-state index contributed by atoms with van der Waals surface area (Å²) in [5.41, 5.74) is 2.30. The normalized spacial score (nSPS) is 11.0. The third-order valence-corrected chi connectivity index (χ3v) is 3.40. The van der Waals surface area contributed by atoms with E-state index in [1.165, 1.54) is 12.3 Å². The van der Waals surface area contributed by atoms with Gasteiger partial charge in [0.15, 0.2) is 0 Å². The zero-order chi connectivity index (χ0) is 15.6. The number of aryl methyl sites for hydroxylation is 1. The maximum Gasteiger partial charge on any atom is 0.263 e. The Morgan fingerprint density at radius 2 is 2.00 bits per heavy atom. The van der Waals surface area contributed by atoms with Crippen LogP contribution in [0.1, 0.15) is 16.7 Å². The van der Waals surface area contributed by atoms with Crippen molar-refractivity contribution in [2.24, 2.45) is 4.99 Å². The minimum Gasteiger partial charge on any atom is -0.867 e. The topological polar surface area (TPSA) is 78.6 Å². The van der Waals surface area contributed by atoms with Crippen LogP contribution in [0.5, 0.6) is 5.75 Å². The molecular weight excluding hydrogens is 292 g/mol. The van der Waals surface area contributed by atoms with Crippen molar-refractivity contribution >= 4 is 29.2 Å². The highest BCUT2D eigenvalue weighted by atomic mass is 35.5. The Kier molecular flexibility index (Phi) is 4.23. The Bertz CT molecular complexity index is 742. The van der Waals surface area contributed by atoms with E-state index in [-0.39, 0.29) is 10.6 Å². The molecule has 0 aliphatic heterocycles. The van der Waals surface area contributed by atoms with Crippen molar-refractivity contribution in [1.82, 2.24) is 0 Å². The lowest BCUT2D eigenvalue weighted by Gasteiger charge is -2.11. The second-order valence-electron chi connectivity index (χ2n) is 4.58. The highest BCUT2D eigenvalue weighted by Gasteiger charge is 2.11. The van der Waals surface area contributed by atoms with Crippen LogP contribution in [-0.2, 0) is 0 Å². The second-order valence-corrected chi connectivity index (χ2v) is 5.01. The van der Waals surface area contributed by atoms with Crippen LogP contribution in [0.25, 0.3) is 0 Å². The second kappa shape index (κ2) is 5.93. The molecule has 0 amide bonds. The van der Waals surface area contributed by atoms with Crippen LogP contribution in [0.15, 0.2) is 35.3 Å². The van der Waals surface area contributed by atoms with Gasteiger partial charge in [-0.3, -0.25) is 15.1 Å². The third-order valence-electron chi connectivity index (χ3n) is 3.18. The molecule has 5 nitrogen and oxygen atoms in total. The van der Waals surface area contributed by atoms with E-state index in [1.54, 1.807) is 0 Å². The number of hydrogen-bond donors (Lipinski definition) is 0. The lowest BCUT2D eigenvalue weighted by molar-refractivity contribution is -0.398. The number of nitro groups is 1. The van der Waals surface area contributed by atoms with Gasteiger partial charge in [0, 0.05) is 17.3 Å². The molecule has 0 atom stereocenters. The molecule has 0 aliphatic carbocycles. The number of halogens is 1. The standard InChI is InChI=1S/C15H13ClN2O3/c1-9-4-3-5-13(10(9)2)17-8-11-6-12(16)7-14(15(11)19)18(20)21/h3-8,19H,1-2H3/p-1. The molecule has 0 radical (unpaired) electrons. The van der Waals surface area contributed by atoms with Crippen LogP contribution in [0.4, 0.5) is 11.4 Å². The maximum atomic E-state index is 11.9. The Balaban J connectivity index is 2.46. The molecule has 2 aromatic rings. The average molecular weight is 304 g/mol. The summed E-state index contributed by atoms with van der Waals surface area (Å²) in [5, 5.41) is 22.9. The first kappa shape index (κ1) is 15.0. The maximum absolute atomic E-state index is 11.9. The summed E-state index contributed by atoms with van der Waals surface area (Å²) in [6.07, 6.45) is 1.31. The Morgan fingerprint density at radius 1 is 1.29 bits per heavy atom. The van der Waals surface area contributed by atoms with Crippen molar-refractivity contribution in [2.75, 3.05) is 0 Å². The van der Waals surface area contributed by atoms with Crippen LogP contribution in [0.2, 0.25) is 5.02 Å². The van der Waals surface area contributed by atoms with E-state index in [2.05, 4.69) is 4.99 Å². The summed E-state index contributed by atoms with van der Waals surface area (Å²) in [6.45, 7) is 3.87. The number of benzene rings is 2. The lowest BCUT2D eigenvalue weighted by atomic mass is 10.1. The molecule has 0 spiro atoms. The van der Waals surface area contributed by atoms with Crippen LogP contribution >= 0.6 is 11.6 Å². The predicted octanol–water partition coefficient (Wildman–Crippen LogP) is 3.69. The first-order chi connectivity index (χ1) is 9.90. The van der Waals surface area contributed by atoms with E-state index in [9.17, 15) is 15.2 Å². The molecule has 0 fully saturated rings. The fraction of sp³-hybridized carbons (Fsp3) is 0.133. The Hall–Kier alpha value is -2.40. The molecule has 0 aromatic heterocycles. The molecule has 0 unspecified atom stereocenters. The van der Waals surface area contributed by atoms with Gasteiger partial charge in [-0.1, -0.05) is 23.7 Å². The minimum atomic E-state index is -0.747. The first-order valence-electron chi connectivity index (χ1n) is 6.15. The van der Waals surface area contributed by atoms with Crippen molar-refractivity contribution in [3.63, 3.8) is 0 Å². The fourth-order valence-corrected chi connectivity index (χ4v) is 2.07.